The molecule has 0 bridgehead atoms. The smallest absolute Gasteiger partial charge is 0.191 e. The number of hydrogen-bond acceptors (Lipinski definition) is 2. The zero-order valence-corrected chi connectivity index (χ0v) is 14.3. The Morgan fingerprint density at radius 1 is 1.23 bits per heavy atom. The molecule has 2 N–H and O–H groups in total. The first-order valence-corrected chi connectivity index (χ1v) is 8.22. The van der Waals surface area contributed by atoms with Gasteiger partial charge in [0.25, 0.3) is 0 Å². The molecule has 1 aliphatic rings. The summed E-state index contributed by atoms with van der Waals surface area (Å²) in [5.41, 5.74) is 2.41. The Bertz CT molecular complexity index is 505. The molecule has 4 heteroatoms. The van der Waals surface area contributed by atoms with Gasteiger partial charge in [-0.25, -0.2) is 0 Å². The average Bonchev–Trinajstić information content (AvgIpc) is 2.52. The Labute approximate surface area is 134 Å². The maximum atomic E-state index is 5.33. The van der Waals surface area contributed by atoms with Crippen LogP contribution in [0.5, 0.6) is 5.75 Å². The van der Waals surface area contributed by atoms with Gasteiger partial charge in [0, 0.05) is 19.6 Å². The first kappa shape index (κ1) is 16.7. The van der Waals surface area contributed by atoms with E-state index in [1.165, 1.54) is 36.8 Å². The molecular weight excluding hydrogens is 274 g/mol. The highest BCUT2D eigenvalue weighted by Gasteiger charge is 2.18. The van der Waals surface area contributed by atoms with Gasteiger partial charge in [0.15, 0.2) is 5.96 Å². The van der Waals surface area contributed by atoms with Crippen LogP contribution in [0.2, 0.25) is 0 Å². The summed E-state index contributed by atoms with van der Waals surface area (Å²) in [5, 5.41) is 6.95. The Kier molecular flexibility index (Phi) is 6.10. The normalized spacial score (nSPS) is 22.3. The molecule has 1 fully saturated rings. The average molecular weight is 303 g/mol. The quantitative estimate of drug-likeness (QED) is 0.663. The molecule has 1 saturated carbocycles. The molecule has 1 aromatic rings. The fourth-order valence-corrected chi connectivity index (χ4v) is 3.02. The SMILES string of the molecule is CN=C(NCc1cc(C)cc(OC)c1)NC1CCC(C)CC1. The van der Waals surface area contributed by atoms with Crippen molar-refractivity contribution in [3.8, 4) is 5.75 Å². The van der Waals surface area contributed by atoms with Gasteiger partial charge in [-0.2, -0.15) is 0 Å². The topological polar surface area (TPSA) is 45.7 Å². The summed E-state index contributed by atoms with van der Waals surface area (Å²) in [6.45, 7) is 5.18. The third-order valence-corrected chi connectivity index (χ3v) is 4.39. The van der Waals surface area contributed by atoms with Crippen LogP contribution < -0.4 is 15.4 Å². The molecule has 122 valence electrons. The first-order chi connectivity index (χ1) is 10.6. The fraction of sp³-hybridized carbons (Fsp3) is 0.611. The molecule has 0 saturated heterocycles. The van der Waals surface area contributed by atoms with Gasteiger partial charge in [-0.05, 0) is 61.8 Å². The van der Waals surface area contributed by atoms with Crippen LogP contribution in [0.1, 0.15) is 43.7 Å². The van der Waals surface area contributed by atoms with Gasteiger partial charge in [0.1, 0.15) is 5.75 Å². The lowest BCUT2D eigenvalue weighted by Gasteiger charge is -2.28. The molecule has 4 nitrogen and oxygen atoms in total. The Morgan fingerprint density at radius 3 is 2.59 bits per heavy atom. The number of aliphatic imine (C=N–C) groups is 1. The minimum Gasteiger partial charge on any atom is -0.497 e. The van der Waals surface area contributed by atoms with E-state index >= 15 is 0 Å². The van der Waals surface area contributed by atoms with E-state index < -0.39 is 0 Å². The third kappa shape index (κ3) is 4.93. The molecule has 0 atom stereocenters. The summed E-state index contributed by atoms with van der Waals surface area (Å²) in [4.78, 5) is 4.34. The highest BCUT2D eigenvalue weighted by molar-refractivity contribution is 5.79. The number of guanidine groups is 1. The minimum absolute atomic E-state index is 0.550. The molecule has 0 unspecified atom stereocenters. The summed E-state index contributed by atoms with van der Waals surface area (Å²) in [6.07, 6.45) is 5.09. The summed E-state index contributed by atoms with van der Waals surface area (Å²) < 4.78 is 5.33. The van der Waals surface area contributed by atoms with E-state index in [2.05, 4.69) is 41.6 Å². The molecule has 2 rings (SSSR count). The van der Waals surface area contributed by atoms with E-state index in [9.17, 15) is 0 Å². The number of ether oxygens (including phenoxy) is 1. The van der Waals surface area contributed by atoms with Crippen molar-refractivity contribution in [3.63, 3.8) is 0 Å². The number of hydrogen-bond donors (Lipinski definition) is 2. The number of benzene rings is 1. The van der Waals surface area contributed by atoms with Crippen molar-refractivity contribution in [2.75, 3.05) is 14.2 Å². The maximum absolute atomic E-state index is 5.33. The van der Waals surface area contributed by atoms with Gasteiger partial charge in [-0.15, -0.1) is 0 Å². The van der Waals surface area contributed by atoms with Crippen molar-refractivity contribution in [3.05, 3.63) is 29.3 Å². The Morgan fingerprint density at radius 2 is 1.95 bits per heavy atom. The van der Waals surface area contributed by atoms with Gasteiger partial charge in [-0.1, -0.05) is 13.0 Å². The zero-order chi connectivity index (χ0) is 15.9. The summed E-state index contributed by atoms with van der Waals surface area (Å²) in [6, 6.07) is 6.83. The van der Waals surface area contributed by atoms with Crippen molar-refractivity contribution in [1.29, 1.82) is 0 Å². The first-order valence-electron chi connectivity index (χ1n) is 8.22. The molecule has 1 aromatic carbocycles. The van der Waals surface area contributed by atoms with Crippen LogP contribution >= 0.6 is 0 Å². The van der Waals surface area contributed by atoms with Crippen LogP contribution in [-0.4, -0.2) is 26.2 Å². The number of methoxy groups -OCH3 is 1. The predicted molar refractivity (Wildman–Crippen MR) is 92.5 cm³/mol. The third-order valence-electron chi connectivity index (χ3n) is 4.39. The summed E-state index contributed by atoms with van der Waals surface area (Å²) >= 11 is 0. The van der Waals surface area contributed by atoms with Crippen molar-refractivity contribution in [2.45, 2.75) is 52.1 Å². The largest absolute Gasteiger partial charge is 0.497 e. The van der Waals surface area contributed by atoms with Gasteiger partial charge in [-0.3, -0.25) is 4.99 Å². The second-order valence-corrected chi connectivity index (χ2v) is 6.39. The van der Waals surface area contributed by atoms with E-state index in [1.807, 2.05) is 13.1 Å². The predicted octanol–water partition coefficient (Wildman–Crippen LogP) is 3.25. The van der Waals surface area contributed by atoms with Crippen LogP contribution in [0, 0.1) is 12.8 Å². The highest BCUT2D eigenvalue weighted by atomic mass is 16.5. The molecule has 1 aliphatic carbocycles. The lowest BCUT2D eigenvalue weighted by Crippen LogP contribution is -2.44. The lowest BCUT2D eigenvalue weighted by molar-refractivity contribution is 0.329. The van der Waals surface area contributed by atoms with Crippen LogP contribution in [-0.2, 0) is 6.54 Å². The molecule has 0 heterocycles. The van der Waals surface area contributed by atoms with E-state index in [0.717, 1.165) is 24.2 Å². The molecule has 0 radical (unpaired) electrons. The van der Waals surface area contributed by atoms with Crippen molar-refractivity contribution in [1.82, 2.24) is 10.6 Å². The van der Waals surface area contributed by atoms with Crippen LogP contribution in [0.4, 0.5) is 0 Å². The van der Waals surface area contributed by atoms with Crippen LogP contribution in [0.15, 0.2) is 23.2 Å². The van der Waals surface area contributed by atoms with Gasteiger partial charge >= 0.3 is 0 Å². The highest BCUT2D eigenvalue weighted by Crippen LogP contribution is 2.23. The van der Waals surface area contributed by atoms with Crippen molar-refractivity contribution >= 4 is 5.96 Å². The van der Waals surface area contributed by atoms with Gasteiger partial charge < -0.3 is 15.4 Å². The monoisotopic (exact) mass is 303 g/mol. The standard InChI is InChI=1S/C18H29N3O/c1-13-5-7-16(8-6-13)21-18(19-3)20-12-15-9-14(2)10-17(11-15)22-4/h9-11,13,16H,5-8,12H2,1-4H3,(H2,19,20,21). The molecule has 0 aromatic heterocycles. The van der Waals surface area contributed by atoms with E-state index in [0.29, 0.717) is 6.04 Å². The number of nitrogens with zero attached hydrogens (tertiary/aromatic N) is 1. The van der Waals surface area contributed by atoms with E-state index in [1.54, 1.807) is 7.11 Å². The lowest BCUT2D eigenvalue weighted by atomic mass is 9.87. The minimum atomic E-state index is 0.550. The summed E-state index contributed by atoms with van der Waals surface area (Å²) in [5.74, 6) is 2.66. The molecule has 0 spiro atoms. The fourth-order valence-electron chi connectivity index (χ4n) is 3.02. The molecule has 0 amide bonds. The van der Waals surface area contributed by atoms with Crippen LogP contribution in [0.25, 0.3) is 0 Å². The Balaban J connectivity index is 1.87. The van der Waals surface area contributed by atoms with E-state index in [4.69, 9.17) is 4.74 Å². The second-order valence-electron chi connectivity index (χ2n) is 6.39. The number of nitrogens with one attached hydrogen (secondary N) is 2. The van der Waals surface area contributed by atoms with Crippen LogP contribution in [0.3, 0.4) is 0 Å². The second kappa shape index (κ2) is 8.06. The number of aryl methyl sites for hydroxylation is 1. The zero-order valence-electron chi connectivity index (χ0n) is 14.3. The molecular formula is C18H29N3O. The molecule has 22 heavy (non-hydrogen) atoms. The molecule has 0 aliphatic heterocycles. The van der Waals surface area contributed by atoms with Gasteiger partial charge in [0.05, 0.1) is 7.11 Å². The van der Waals surface area contributed by atoms with Crippen molar-refractivity contribution < 1.29 is 4.74 Å². The van der Waals surface area contributed by atoms with Crippen molar-refractivity contribution in [2.24, 2.45) is 10.9 Å². The summed E-state index contributed by atoms with van der Waals surface area (Å²) in [7, 11) is 3.54. The van der Waals surface area contributed by atoms with E-state index in [-0.39, 0.29) is 0 Å². The Hall–Kier alpha value is -1.71. The number of rotatable bonds is 4. The maximum Gasteiger partial charge on any atom is 0.191 e. The van der Waals surface area contributed by atoms with Gasteiger partial charge in [0.2, 0.25) is 0 Å².